The fourth-order valence-corrected chi connectivity index (χ4v) is 3.51. The first-order chi connectivity index (χ1) is 14.8. The van der Waals surface area contributed by atoms with E-state index >= 15 is 0 Å². The Morgan fingerprint density at radius 3 is 2.65 bits per heavy atom. The lowest BCUT2D eigenvalue weighted by Gasteiger charge is -2.36. The molecule has 8 nitrogen and oxygen atoms in total. The zero-order chi connectivity index (χ0) is 22.0. The van der Waals surface area contributed by atoms with Gasteiger partial charge in [-0.1, -0.05) is 0 Å². The van der Waals surface area contributed by atoms with E-state index < -0.39 is 17.6 Å². The zero-order valence-corrected chi connectivity index (χ0v) is 16.8. The summed E-state index contributed by atoms with van der Waals surface area (Å²) in [4.78, 5) is 16.5. The second-order valence-electron chi connectivity index (χ2n) is 7.32. The number of carbonyl (C=O) groups excluding carboxylic acids is 1. The number of piperazine rings is 1. The predicted molar refractivity (Wildman–Crippen MR) is 108 cm³/mol. The van der Waals surface area contributed by atoms with E-state index in [4.69, 9.17) is 9.15 Å². The van der Waals surface area contributed by atoms with Crippen molar-refractivity contribution in [3.05, 3.63) is 47.9 Å². The number of hydrogen-bond donors (Lipinski definition) is 2. The molecule has 11 heteroatoms. The van der Waals surface area contributed by atoms with Gasteiger partial charge in [-0.15, -0.1) is 5.10 Å². The third kappa shape index (κ3) is 4.93. The van der Waals surface area contributed by atoms with E-state index in [2.05, 4.69) is 20.7 Å². The van der Waals surface area contributed by atoms with Crippen LogP contribution < -0.4 is 15.6 Å². The van der Waals surface area contributed by atoms with Gasteiger partial charge in [-0.3, -0.25) is 15.1 Å². The molecule has 0 radical (unpaired) electrons. The number of ether oxygens (including phenoxy) is 1. The van der Waals surface area contributed by atoms with Crippen LogP contribution in [0.5, 0.6) is 0 Å². The summed E-state index contributed by atoms with van der Waals surface area (Å²) in [5.41, 5.74) is 2.62. The van der Waals surface area contributed by atoms with Crippen LogP contribution in [-0.2, 0) is 10.9 Å². The van der Waals surface area contributed by atoms with E-state index in [0.29, 0.717) is 44.3 Å². The summed E-state index contributed by atoms with van der Waals surface area (Å²) in [5.74, 6) is 0.0254. The summed E-state index contributed by atoms with van der Waals surface area (Å²) in [6.45, 7) is 4.90. The Labute approximate surface area is 176 Å². The highest BCUT2D eigenvalue weighted by molar-refractivity contribution is 6.04. The van der Waals surface area contributed by atoms with Gasteiger partial charge in [0.1, 0.15) is 0 Å². The van der Waals surface area contributed by atoms with Crippen LogP contribution in [-0.4, -0.2) is 55.7 Å². The van der Waals surface area contributed by atoms with E-state index in [-0.39, 0.29) is 17.7 Å². The van der Waals surface area contributed by atoms with Crippen LogP contribution in [0.4, 0.5) is 24.5 Å². The van der Waals surface area contributed by atoms with Crippen molar-refractivity contribution in [1.82, 2.24) is 10.3 Å². The first-order valence-corrected chi connectivity index (χ1v) is 9.82. The Balaban J connectivity index is 1.48. The molecule has 1 fully saturated rings. The largest absolute Gasteiger partial charge is 0.459 e. The molecule has 1 atom stereocenters. The molecule has 3 heterocycles. The molecule has 0 aliphatic carbocycles. The highest BCUT2D eigenvalue weighted by atomic mass is 19.4. The number of rotatable bonds is 5. The van der Waals surface area contributed by atoms with E-state index in [9.17, 15) is 18.0 Å². The van der Waals surface area contributed by atoms with Crippen molar-refractivity contribution in [2.45, 2.75) is 19.3 Å². The van der Waals surface area contributed by atoms with Gasteiger partial charge in [-0.2, -0.15) is 13.2 Å². The first kappa shape index (κ1) is 21.0. The van der Waals surface area contributed by atoms with Gasteiger partial charge in [-0.25, -0.2) is 0 Å². The third-order valence-electron chi connectivity index (χ3n) is 5.07. The highest BCUT2D eigenvalue weighted by Gasteiger charge is 2.32. The highest BCUT2D eigenvalue weighted by Crippen LogP contribution is 2.36. The number of hydrazone groups is 1. The Bertz CT molecular complexity index is 953. The number of carbonyl (C=O) groups is 1. The van der Waals surface area contributed by atoms with Gasteiger partial charge in [0.2, 0.25) is 5.90 Å². The monoisotopic (exact) mass is 437 g/mol. The van der Waals surface area contributed by atoms with Gasteiger partial charge >= 0.3 is 6.18 Å². The minimum atomic E-state index is -4.52. The van der Waals surface area contributed by atoms with Crippen molar-refractivity contribution in [3.8, 4) is 0 Å². The summed E-state index contributed by atoms with van der Waals surface area (Å²) in [7, 11) is 0. The van der Waals surface area contributed by atoms with Crippen molar-refractivity contribution in [3.63, 3.8) is 0 Å². The standard InChI is InChI=1S/C20H22F3N5O3/c1-13-25-26-18(31-13)12-27-6-8-28(9-7-27)16-5-4-14(20(21,22)23)11-15(16)24-19(29)17-3-2-10-30-17/h2-5,10-11,13,25H,6-9,12H2,1H3,(H,24,29). The summed E-state index contributed by atoms with van der Waals surface area (Å²) >= 11 is 0. The number of amides is 1. The molecule has 1 unspecified atom stereocenters. The predicted octanol–water partition coefficient (Wildman–Crippen LogP) is 2.95. The van der Waals surface area contributed by atoms with Gasteiger partial charge < -0.3 is 19.4 Å². The van der Waals surface area contributed by atoms with Crippen molar-refractivity contribution < 1.29 is 27.1 Å². The fraction of sp³-hybridized carbons (Fsp3) is 0.400. The lowest BCUT2D eigenvalue weighted by molar-refractivity contribution is -0.137. The van der Waals surface area contributed by atoms with Crippen LogP contribution >= 0.6 is 0 Å². The van der Waals surface area contributed by atoms with Crippen LogP contribution in [0.15, 0.2) is 46.1 Å². The number of nitrogens with one attached hydrogen (secondary N) is 2. The molecule has 166 valence electrons. The molecule has 1 aromatic carbocycles. The molecule has 0 spiro atoms. The van der Waals surface area contributed by atoms with Gasteiger partial charge in [0.15, 0.2) is 12.0 Å². The normalized spacial score (nSPS) is 19.5. The maximum Gasteiger partial charge on any atom is 0.416 e. The second kappa shape index (κ2) is 8.50. The summed E-state index contributed by atoms with van der Waals surface area (Å²) in [6, 6.07) is 6.36. The van der Waals surface area contributed by atoms with Crippen LogP contribution in [0.25, 0.3) is 0 Å². The Hall–Kier alpha value is -3.21. The van der Waals surface area contributed by atoms with Crippen LogP contribution in [0, 0.1) is 0 Å². The topological polar surface area (TPSA) is 82.3 Å². The average molecular weight is 437 g/mol. The van der Waals surface area contributed by atoms with Gasteiger partial charge in [-0.05, 0) is 37.3 Å². The van der Waals surface area contributed by atoms with Crippen LogP contribution in [0.2, 0.25) is 0 Å². The number of alkyl halides is 3. The molecule has 4 rings (SSSR count). The lowest BCUT2D eigenvalue weighted by atomic mass is 10.1. The van der Waals surface area contributed by atoms with E-state index in [1.807, 2.05) is 11.8 Å². The van der Waals surface area contributed by atoms with Crippen molar-refractivity contribution >= 4 is 23.2 Å². The minimum Gasteiger partial charge on any atom is -0.459 e. The number of furan rings is 1. The van der Waals surface area contributed by atoms with Gasteiger partial charge in [0.05, 0.1) is 29.7 Å². The molecule has 31 heavy (non-hydrogen) atoms. The summed E-state index contributed by atoms with van der Waals surface area (Å²) in [6.07, 6.45) is -3.34. The molecular formula is C20H22F3N5O3. The smallest absolute Gasteiger partial charge is 0.416 e. The Kier molecular flexibility index (Phi) is 5.77. The van der Waals surface area contributed by atoms with Crippen molar-refractivity contribution in [1.29, 1.82) is 0 Å². The molecule has 2 N–H and O–H groups in total. The van der Waals surface area contributed by atoms with Gasteiger partial charge in [0.25, 0.3) is 5.91 Å². The molecular weight excluding hydrogens is 415 g/mol. The molecule has 2 aliphatic heterocycles. The Morgan fingerprint density at radius 2 is 2.03 bits per heavy atom. The zero-order valence-electron chi connectivity index (χ0n) is 16.8. The SMILES string of the molecule is CC1NN=C(CN2CCN(c3ccc(C(F)(F)F)cc3NC(=O)c3ccco3)CC2)O1. The number of halogens is 3. The van der Waals surface area contributed by atoms with E-state index in [0.717, 1.165) is 12.1 Å². The van der Waals surface area contributed by atoms with Crippen LogP contribution in [0.1, 0.15) is 23.0 Å². The minimum absolute atomic E-state index is 0.0216. The molecule has 2 aromatic rings. The number of anilines is 2. The number of hydrogen-bond acceptors (Lipinski definition) is 7. The van der Waals surface area contributed by atoms with E-state index in [1.165, 1.54) is 24.5 Å². The third-order valence-corrected chi connectivity index (χ3v) is 5.07. The lowest BCUT2D eigenvalue weighted by Crippen LogP contribution is -2.48. The summed E-state index contributed by atoms with van der Waals surface area (Å²) in [5, 5.41) is 6.68. The van der Waals surface area contributed by atoms with Crippen LogP contribution in [0.3, 0.4) is 0 Å². The van der Waals surface area contributed by atoms with Gasteiger partial charge in [0, 0.05) is 26.2 Å². The average Bonchev–Trinajstić information content (AvgIpc) is 3.40. The molecule has 2 aliphatic rings. The maximum absolute atomic E-state index is 13.2. The first-order valence-electron chi connectivity index (χ1n) is 9.82. The molecule has 1 saturated heterocycles. The molecule has 1 amide bonds. The molecule has 0 bridgehead atoms. The quantitative estimate of drug-likeness (QED) is 0.749. The fourth-order valence-electron chi connectivity index (χ4n) is 3.51. The Morgan fingerprint density at radius 1 is 1.26 bits per heavy atom. The second-order valence-corrected chi connectivity index (χ2v) is 7.32. The number of benzene rings is 1. The molecule has 0 saturated carbocycles. The van der Waals surface area contributed by atoms with Crippen molar-refractivity contribution in [2.75, 3.05) is 42.9 Å². The number of nitrogens with zero attached hydrogens (tertiary/aromatic N) is 3. The van der Waals surface area contributed by atoms with E-state index in [1.54, 1.807) is 0 Å². The van der Waals surface area contributed by atoms with Crippen molar-refractivity contribution in [2.24, 2.45) is 5.10 Å². The maximum atomic E-state index is 13.2. The molecule has 1 aromatic heterocycles. The summed E-state index contributed by atoms with van der Waals surface area (Å²) < 4.78 is 50.3.